The van der Waals surface area contributed by atoms with E-state index >= 15 is 0 Å². The van der Waals surface area contributed by atoms with Gasteiger partial charge in [-0.15, -0.1) is 0 Å². The highest BCUT2D eigenvalue weighted by molar-refractivity contribution is 8.14. The van der Waals surface area contributed by atoms with Crippen molar-refractivity contribution in [3.05, 3.63) is 0 Å². The predicted octanol–water partition coefficient (Wildman–Crippen LogP) is 2.26. The minimum Gasteiger partial charge on any atom is -0.362 e. The highest BCUT2D eigenvalue weighted by Gasteiger charge is 2.14. The monoisotopic (exact) mass is 186 g/mol. The van der Waals surface area contributed by atoms with Gasteiger partial charge in [0.15, 0.2) is 5.17 Å². The average Bonchev–Trinajstić information content (AvgIpc) is 2.36. The van der Waals surface area contributed by atoms with E-state index in [9.17, 15) is 0 Å². The van der Waals surface area contributed by atoms with Crippen LogP contribution in [0.4, 0.5) is 0 Å². The zero-order valence-electron chi connectivity index (χ0n) is 8.13. The minimum atomic E-state index is 0.506. The van der Waals surface area contributed by atoms with E-state index in [1.807, 2.05) is 11.8 Å². The third-order valence-electron chi connectivity index (χ3n) is 1.89. The molecule has 0 aromatic rings. The van der Waals surface area contributed by atoms with Gasteiger partial charge in [0.1, 0.15) is 0 Å². The number of thioether (sulfide) groups is 1. The molecular formula is C9H18N2S. The predicted molar refractivity (Wildman–Crippen MR) is 56.9 cm³/mol. The van der Waals surface area contributed by atoms with Crippen molar-refractivity contribution < 1.29 is 0 Å². The third-order valence-corrected chi connectivity index (χ3v) is 3.04. The first-order chi connectivity index (χ1) is 5.72. The summed E-state index contributed by atoms with van der Waals surface area (Å²) in [6, 6.07) is 1.08. The molecule has 2 nitrogen and oxygen atoms in total. The molecule has 0 aliphatic carbocycles. The van der Waals surface area contributed by atoms with Crippen LogP contribution in [0.25, 0.3) is 0 Å². The fourth-order valence-corrected chi connectivity index (χ4v) is 2.28. The van der Waals surface area contributed by atoms with Crippen LogP contribution in [0.15, 0.2) is 4.99 Å². The van der Waals surface area contributed by atoms with Crippen LogP contribution in [0.1, 0.15) is 33.6 Å². The second-order valence-electron chi connectivity index (χ2n) is 3.43. The molecule has 0 aromatic carbocycles. The van der Waals surface area contributed by atoms with Gasteiger partial charge in [-0.05, 0) is 20.3 Å². The van der Waals surface area contributed by atoms with Crippen LogP contribution in [0.2, 0.25) is 0 Å². The Balaban J connectivity index is 2.26. The first-order valence-corrected chi connectivity index (χ1v) is 5.68. The van der Waals surface area contributed by atoms with Crippen molar-refractivity contribution in [1.82, 2.24) is 5.32 Å². The molecule has 1 heterocycles. The maximum atomic E-state index is 4.48. The van der Waals surface area contributed by atoms with Crippen LogP contribution in [0.3, 0.4) is 0 Å². The van der Waals surface area contributed by atoms with Gasteiger partial charge < -0.3 is 5.32 Å². The normalized spacial score (nSPS) is 25.2. The Kier molecular flexibility index (Phi) is 3.92. The lowest BCUT2D eigenvalue weighted by atomic mass is 10.2. The van der Waals surface area contributed by atoms with Gasteiger partial charge in [-0.25, -0.2) is 0 Å². The van der Waals surface area contributed by atoms with Crippen LogP contribution in [0.5, 0.6) is 0 Å². The van der Waals surface area contributed by atoms with Crippen molar-refractivity contribution in [2.75, 3.05) is 5.75 Å². The molecule has 70 valence electrons. The molecular weight excluding hydrogens is 168 g/mol. The quantitative estimate of drug-likeness (QED) is 0.731. The lowest BCUT2D eigenvalue weighted by Crippen LogP contribution is -2.29. The van der Waals surface area contributed by atoms with E-state index < -0.39 is 0 Å². The molecule has 0 saturated carbocycles. The highest BCUT2D eigenvalue weighted by atomic mass is 32.2. The van der Waals surface area contributed by atoms with Crippen molar-refractivity contribution in [3.8, 4) is 0 Å². The second kappa shape index (κ2) is 4.75. The van der Waals surface area contributed by atoms with E-state index in [0.717, 1.165) is 10.9 Å². The summed E-state index contributed by atoms with van der Waals surface area (Å²) in [5, 5.41) is 4.57. The van der Waals surface area contributed by atoms with E-state index in [2.05, 4.69) is 31.1 Å². The van der Waals surface area contributed by atoms with Gasteiger partial charge in [0.25, 0.3) is 0 Å². The molecule has 0 amide bonds. The Labute approximate surface area is 79.2 Å². The van der Waals surface area contributed by atoms with Gasteiger partial charge in [-0.1, -0.05) is 25.1 Å². The summed E-state index contributed by atoms with van der Waals surface area (Å²) in [5.41, 5.74) is 0. The molecule has 0 radical (unpaired) electrons. The molecule has 2 atom stereocenters. The zero-order valence-corrected chi connectivity index (χ0v) is 8.95. The van der Waals surface area contributed by atoms with E-state index in [4.69, 9.17) is 0 Å². The standard InChI is InChI=1S/C9H18N2S/c1-4-5-7(2)10-9-11-8(3)6-12-9/h7-8H,4-6H2,1-3H3,(H,10,11). The number of hydrogen-bond donors (Lipinski definition) is 1. The first kappa shape index (κ1) is 9.90. The molecule has 1 N–H and O–H groups in total. The Morgan fingerprint density at radius 3 is 3.00 bits per heavy atom. The van der Waals surface area contributed by atoms with Crippen LogP contribution in [0, 0.1) is 0 Å². The van der Waals surface area contributed by atoms with Crippen molar-refractivity contribution in [1.29, 1.82) is 0 Å². The van der Waals surface area contributed by atoms with Gasteiger partial charge in [-0.2, -0.15) is 0 Å². The fraction of sp³-hybridized carbons (Fsp3) is 0.889. The first-order valence-electron chi connectivity index (χ1n) is 4.69. The minimum absolute atomic E-state index is 0.506. The summed E-state index contributed by atoms with van der Waals surface area (Å²) < 4.78 is 0. The maximum Gasteiger partial charge on any atom is 0.157 e. The van der Waals surface area contributed by atoms with Gasteiger partial charge in [0.05, 0.1) is 6.04 Å². The molecule has 2 unspecified atom stereocenters. The van der Waals surface area contributed by atoms with Gasteiger partial charge in [-0.3, -0.25) is 4.99 Å². The maximum absolute atomic E-state index is 4.48. The summed E-state index contributed by atoms with van der Waals surface area (Å²) in [4.78, 5) is 4.48. The lowest BCUT2D eigenvalue weighted by molar-refractivity contribution is 0.599. The van der Waals surface area contributed by atoms with Crippen LogP contribution >= 0.6 is 11.8 Å². The molecule has 0 spiro atoms. The summed E-state index contributed by atoms with van der Waals surface area (Å²) in [6.07, 6.45) is 2.47. The van der Waals surface area contributed by atoms with Crippen LogP contribution < -0.4 is 5.32 Å². The smallest absolute Gasteiger partial charge is 0.157 e. The number of amidine groups is 1. The number of nitrogens with zero attached hydrogens (tertiary/aromatic N) is 1. The molecule has 0 saturated heterocycles. The number of rotatable bonds is 3. The van der Waals surface area contributed by atoms with Crippen molar-refractivity contribution in [2.24, 2.45) is 4.99 Å². The fourth-order valence-electron chi connectivity index (χ4n) is 1.27. The average molecular weight is 186 g/mol. The highest BCUT2D eigenvalue weighted by Crippen LogP contribution is 2.16. The summed E-state index contributed by atoms with van der Waals surface area (Å²) in [5.74, 6) is 1.14. The van der Waals surface area contributed by atoms with E-state index in [1.165, 1.54) is 12.8 Å². The van der Waals surface area contributed by atoms with E-state index in [1.54, 1.807) is 0 Å². The summed E-state index contributed by atoms with van der Waals surface area (Å²) in [7, 11) is 0. The van der Waals surface area contributed by atoms with Crippen molar-refractivity contribution >= 4 is 16.9 Å². The van der Waals surface area contributed by atoms with Crippen molar-refractivity contribution in [3.63, 3.8) is 0 Å². The van der Waals surface area contributed by atoms with Crippen LogP contribution in [-0.4, -0.2) is 23.0 Å². The van der Waals surface area contributed by atoms with Crippen molar-refractivity contribution in [2.45, 2.75) is 45.7 Å². The molecule has 1 aliphatic heterocycles. The Bertz CT molecular complexity index is 168. The Hall–Kier alpha value is -0.180. The Morgan fingerprint density at radius 1 is 1.75 bits per heavy atom. The molecule has 3 heteroatoms. The lowest BCUT2D eigenvalue weighted by Gasteiger charge is -2.12. The van der Waals surface area contributed by atoms with Gasteiger partial charge in [0, 0.05) is 11.8 Å². The number of hydrogen-bond acceptors (Lipinski definition) is 3. The zero-order chi connectivity index (χ0) is 8.97. The number of aliphatic imine (C=N–C) groups is 1. The molecule has 0 fully saturated rings. The SMILES string of the molecule is CCCC(C)NC1=NC(C)CS1. The largest absolute Gasteiger partial charge is 0.362 e. The second-order valence-corrected chi connectivity index (χ2v) is 4.44. The third kappa shape index (κ3) is 3.05. The van der Waals surface area contributed by atoms with Crippen LogP contribution in [-0.2, 0) is 0 Å². The molecule has 0 aromatic heterocycles. The molecule has 1 aliphatic rings. The van der Waals surface area contributed by atoms with Gasteiger partial charge in [0.2, 0.25) is 0 Å². The molecule has 12 heavy (non-hydrogen) atoms. The Morgan fingerprint density at radius 2 is 2.50 bits per heavy atom. The molecule has 0 bridgehead atoms. The van der Waals surface area contributed by atoms with E-state index in [-0.39, 0.29) is 0 Å². The summed E-state index contributed by atoms with van der Waals surface area (Å²) >= 11 is 1.84. The van der Waals surface area contributed by atoms with Gasteiger partial charge >= 0.3 is 0 Å². The van der Waals surface area contributed by atoms with E-state index in [0.29, 0.717) is 12.1 Å². The summed E-state index contributed by atoms with van der Waals surface area (Å²) in [6.45, 7) is 6.59. The number of nitrogens with one attached hydrogen (secondary N) is 1. The molecule has 1 rings (SSSR count). The topological polar surface area (TPSA) is 24.4 Å².